The Labute approximate surface area is 99.2 Å². The minimum Gasteiger partial charge on any atom is -0.366 e. The second-order valence-corrected chi connectivity index (χ2v) is 4.96. The van der Waals surface area contributed by atoms with Crippen LogP contribution >= 0.6 is 11.3 Å². The van der Waals surface area contributed by atoms with E-state index in [4.69, 9.17) is 0 Å². The molecule has 0 saturated carbocycles. The number of hydrogen-bond donors (Lipinski definition) is 1. The van der Waals surface area contributed by atoms with E-state index in [1.807, 2.05) is 13.0 Å². The maximum atomic E-state index is 4.47. The zero-order chi connectivity index (χ0) is 11.7. The predicted octanol–water partition coefficient (Wildman–Crippen LogP) is 3.21. The molecule has 16 heavy (non-hydrogen) atoms. The smallest absolute Gasteiger partial charge is 0.139 e. The van der Waals surface area contributed by atoms with Gasteiger partial charge in [0.1, 0.15) is 16.5 Å². The Kier molecular flexibility index (Phi) is 2.92. The Balaban J connectivity index is 2.64. The first-order valence-electron chi connectivity index (χ1n) is 5.22. The zero-order valence-corrected chi connectivity index (χ0v) is 10.6. The molecule has 0 saturated heterocycles. The molecule has 0 aliphatic carbocycles. The van der Waals surface area contributed by atoms with Crippen LogP contribution in [-0.4, -0.2) is 16.5 Å². The lowest BCUT2D eigenvalue weighted by Gasteiger charge is -2.05. The number of fused-ring (bicyclic) bond motifs is 1. The van der Waals surface area contributed by atoms with Crippen LogP contribution in [0.15, 0.2) is 12.7 Å². The number of rotatable bonds is 3. The van der Waals surface area contributed by atoms with E-state index in [2.05, 4.69) is 35.7 Å². The SMILES string of the molecule is C=CCNc1nc(C)nc2sc(C)c(C)c12. The van der Waals surface area contributed by atoms with Gasteiger partial charge in [-0.3, -0.25) is 0 Å². The summed E-state index contributed by atoms with van der Waals surface area (Å²) in [4.78, 5) is 11.3. The number of nitrogens with one attached hydrogen (secondary N) is 1. The molecule has 2 aromatic heterocycles. The van der Waals surface area contributed by atoms with Gasteiger partial charge in [0.25, 0.3) is 0 Å². The fourth-order valence-corrected chi connectivity index (χ4v) is 2.73. The van der Waals surface area contributed by atoms with E-state index in [-0.39, 0.29) is 0 Å². The van der Waals surface area contributed by atoms with E-state index in [9.17, 15) is 0 Å². The van der Waals surface area contributed by atoms with E-state index in [0.29, 0.717) is 0 Å². The first-order valence-corrected chi connectivity index (χ1v) is 6.04. The lowest BCUT2D eigenvalue weighted by Crippen LogP contribution is -2.03. The highest BCUT2D eigenvalue weighted by atomic mass is 32.1. The number of anilines is 1. The molecule has 2 aromatic rings. The van der Waals surface area contributed by atoms with Gasteiger partial charge in [0.2, 0.25) is 0 Å². The van der Waals surface area contributed by atoms with Crippen LogP contribution < -0.4 is 5.32 Å². The summed E-state index contributed by atoms with van der Waals surface area (Å²) in [6.45, 7) is 10.6. The maximum Gasteiger partial charge on any atom is 0.139 e. The van der Waals surface area contributed by atoms with Gasteiger partial charge in [-0.05, 0) is 26.3 Å². The first kappa shape index (κ1) is 11.1. The summed E-state index contributed by atoms with van der Waals surface area (Å²) in [6.07, 6.45) is 1.83. The molecule has 3 nitrogen and oxygen atoms in total. The number of nitrogens with zero attached hydrogens (tertiary/aromatic N) is 2. The molecular weight excluding hydrogens is 218 g/mol. The Morgan fingerprint density at radius 3 is 2.75 bits per heavy atom. The molecule has 0 amide bonds. The van der Waals surface area contributed by atoms with E-state index in [1.54, 1.807) is 11.3 Å². The van der Waals surface area contributed by atoms with Crippen LogP contribution in [0.2, 0.25) is 0 Å². The molecule has 1 N–H and O–H groups in total. The van der Waals surface area contributed by atoms with Crippen LogP contribution in [0.3, 0.4) is 0 Å². The highest BCUT2D eigenvalue weighted by Crippen LogP contribution is 2.32. The quantitative estimate of drug-likeness (QED) is 0.827. The molecule has 0 fully saturated rings. The van der Waals surface area contributed by atoms with Gasteiger partial charge in [-0.15, -0.1) is 17.9 Å². The minimum absolute atomic E-state index is 0.722. The summed E-state index contributed by atoms with van der Waals surface area (Å²) in [5.41, 5.74) is 1.27. The highest BCUT2D eigenvalue weighted by Gasteiger charge is 2.12. The molecule has 0 unspecified atom stereocenters. The molecule has 2 heterocycles. The Morgan fingerprint density at radius 1 is 1.31 bits per heavy atom. The van der Waals surface area contributed by atoms with Gasteiger partial charge in [0, 0.05) is 11.4 Å². The summed E-state index contributed by atoms with van der Waals surface area (Å²) in [7, 11) is 0. The van der Waals surface area contributed by atoms with Crippen molar-refractivity contribution in [1.29, 1.82) is 0 Å². The monoisotopic (exact) mass is 233 g/mol. The van der Waals surface area contributed by atoms with Crippen LogP contribution in [0.25, 0.3) is 10.2 Å². The third-order valence-corrected chi connectivity index (χ3v) is 3.66. The van der Waals surface area contributed by atoms with E-state index in [1.165, 1.54) is 10.4 Å². The normalized spacial score (nSPS) is 10.7. The molecule has 2 rings (SSSR count). The van der Waals surface area contributed by atoms with E-state index < -0.39 is 0 Å². The topological polar surface area (TPSA) is 37.8 Å². The van der Waals surface area contributed by atoms with Crippen molar-refractivity contribution in [2.45, 2.75) is 20.8 Å². The number of aryl methyl sites for hydroxylation is 3. The van der Waals surface area contributed by atoms with E-state index in [0.717, 1.165) is 28.4 Å². The van der Waals surface area contributed by atoms with Gasteiger partial charge in [-0.25, -0.2) is 9.97 Å². The predicted molar refractivity (Wildman–Crippen MR) is 70.3 cm³/mol. The summed E-state index contributed by atoms with van der Waals surface area (Å²) in [5, 5.41) is 4.42. The summed E-state index contributed by atoms with van der Waals surface area (Å²) < 4.78 is 0. The van der Waals surface area contributed by atoms with Gasteiger partial charge in [0.15, 0.2) is 0 Å². The van der Waals surface area contributed by atoms with Crippen LogP contribution in [0, 0.1) is 20.8 Å². The lowest BCUT2D eigenvalue weighted by molar-refractivity contribution is 1.08. The van der Waals surface area contributed by atoms with E-state index >= 15 is 0 Å². The standard InChI is InChI=1S/C12H15N3S/c1-5-6-13-11-10-7(2)8(3)16-12(10)15-9(4)14-11/h5H,1,6H2,2-4H3,(H,13,14,15). The van der Waals surface area contributed by atoms with Crippen LogP contribution in [0.4, 0.5) is 5.82 Å². The van der Waals surface area contributed by atoms with Crippen molar-refractivity contribution in [2.24, 2.45) is 0 Å². The van der Waals surface area contributed by atoms with Crippen molar-refractivity contribution >= 4 is 27.4 Å². The van der Waals surface area contributed by atoms with Crippen molar-refractivity contribution in [3.8, 4) is 0 Å². The molecule has 0 bridgehead atoms. The van der Waals surface area contributed by atoms with Gasteiger partial charge in [-0.2, -0.15) is 0 Å². The lowest BCUT2D eigenvalue weighted by atomic mass is 10.2. The Hall–Kier alpha value is -1.42. The van der Waals surface area contributed by atoms with Crippen molar-refractivity contribution in [3.05, 3.63) is 28.9 Å². The molecule has 0 aromatic carbocycles. The Bertz CT molecular complexity index is 543. The summed E-state index contributed by atoms with van der Waals surface area (Å²) in [6, 6.07) is 0. The zero-order valence-electron chi connectivity index (χ0n) is 9.79. The second kappa shape index (κ2) is 4.22. The first-order chi connectivity index (χ1) is 7.63. The Morgan fingerprint density at radius 2 is 2.06 bits per heavy atom. The number of thiophene rings is 1. The van der Waals surface area contributed by atoms with Gasteiger partial charge >= 0.3 is 0 Å². The molecular formula is C12H15N3S. The van der Waals surface area contributed by atoms with Crippen molar-refractivity contribution in [1.82, 2.24) is 9.97 Å². The molecule has 0 radical (unpaired) electrons. The van der Waals surface area contributed by atoms with Crippen LogP contribution in [0.5, 0.6) is 0 Å². The molecule has 0 aliphatic rings. The highest BCUT2D eigenvalue weighted by molar-refractivity contribution is 7.18. The molecule has 0 spiro atoms. The maximum absolute atomic E-state index is 4.47. The third-order valence-electron chi connectivity index (χ3n) is 2.55. The fourth-order valence-electron chi connectivity index (χ4n) is 1.65. The van der Waals surface area contributed by atoms with Crippen molar-refractivity contribution < 1.29 is 0 Å². The summed E-state index contributed by atoms with van der Waals surface area (Å²) >= 11 is 1.72. The summed E-state index contributed by atoms with van der Waals surface area (Å²) in [5.74, 6) is 1.73. The largest absolute Gasteiger partial charge is 0.366 e. The third kappa shape index (κ3) is 1.80. The van der Waals surface area contributed by atoms with Crippen LogP contribution in [0.1, 0.15) is 16.3 Å². The second-order valence-electron chi connectivity index (χ2n) is 3.75. The van der Waals surface area contributed by atoms with Crippen molar-refractivity contribution in [2.75, 3.05) is 11.9 Å². The minimum atomic E-state index is 0.722. The number of aromatic nitrogens is 2. The van der Waals surface area contributed by atoms with Gasteiger partial charge in [0.05, 0.1) is 5.39 Å². The van der Waals surface area contributed by atoms with Gasteiger partial charge in [-0.1, -0.05) is 6.08 Å². The fraction of sp³-hybridized carbons (Fsp3) is 0.333. The average Bonchev–Trinajstić information content (AvgIpc) is 2.51. The molecule has 84 valence electrons. The molecule has 0 aliphatic heterocycles. The molecule has 0 atom stereocenters. The average molecular weight is 233 g/mol. The van der Waals surface area contributed by atoms with Gasteiger partial charge < -0.3 is 5.32 Å². The number of hydrogen-bond acceptors (Lipinski definition) is 4. The van der Waals surface area contributed by atoms with Crippen molar-refractivity contribution in [3.63, 3.8) is 0 Å². The van der Waals surface area contributed by atoms with Crippen LogP contribution in [-0.2, 0) is 0 Å². The molecule has 4 heteroatoms.